The molecule has 1 atom stereocenters. The van der Waals surface area contributed by atoms with Crippen LogP contribution in [-0.2, 0) is 9.53 Å². The van der Waals surface area contributed by atoms with Gasteiger partial charge in [0.15, 0.2) is 0 Å². The lowest BCUT2D eigenvalue weighted by Crippen LogP contribution is -2.14. The highest BCUT2D eigenvalue weighted by Crippen LogP contribution is 2.12. The zero-order valence-electron chi connectivity index (χ0n) is 8.51. The number of esters is 1. The van der Waals surface area contributed by atoms with E-state index in [4.69, 9.17) is 4.74 Å². The number of ether oxygens (including phenoxy) is 1. The monoisotopic (exact) mass is 250 g/mol. The van der Waals surface area contributed by atoms with Crippen molar-refractivity contribution in [1.29, 1.82) is 0 Å². The largest absolute Gasteiger partial charge is 0.465 e. The number of alkyl halides is 1. The molecular weight excluding hydrogens is 232 g/mol. The van der Waals surface area contributed by atoms with Gasteiger partial charge in [0.1, 0.15) is 5.33 Å². The first-order chi connectivity index (χ1) is 6.24. The predicted octanol–water partition coefficient (Wildman–Crippen LogP) is 3.14. The molecule has 0 fully saturated rings. The summed E-state index contributed by atoms with van der Waals surface area (Å²) in [5, 5.41) is 0.303. The molecule has 0 unspecified atom stereocenters. The summed E-state index contributed by atoms with van der Waals surface area (Å²) in [4.78, 5) is 10.8. The van der Waals surface area contributed by atoms with E-state index in [1.54, 1.807) is 0 Å². The lowest BCUT2D eigenvalue weighted by molar-refractivity contribution is -0.141. The van der Waals surface area contributed by atoms with Crippen LogP contribution in [0.3, 0.4) is 0 Å². The predicted molar refractivity (Wildman–Crippen MR) is 58.1 cm³/mol. The van der Waals surface area contributed by atoms with Gasteiger partial charge in [0.2, 0.25) is 0 Å². The molecule has 0 aromatic carbocycles. The molecule has 0 saturated heterocycles. The zero-order chi connectivity index (χ0) is 10.1. The first-order valence-corrected chi connectivity index (χ1v) is 6.08. The van der Waals surface area contributed by atoms with Crippen LogP contribution in [-0.4, -0.2) is 17.9 Å². The molecule has 2 nitrogen and oxygen atoms in total. The standard InChI is InChI=1S/C10H19BrO2/c1-3-5-6-9(4-2)8-13-10(12)7-11/h9H,3-8H2,1-2H3/t9-/m1/s1. The van der Waals surface area contributed by atoms with Crippen LogP contribution < -0.4 is 0 Å². The molecular formula is C10H19BrO2. The molecule has 78 valence electrons. The number of unbranched alkanes of at least 4 members (excludes halogenated alkanes) is 1. The first-order valence-electron chi connectivity index (χ1n) is 4.96. The first kappa shape index (κ1) is 12.9. The fraction of sp³-hybridized carbons (Fsp3) is 0.900. The fourth-order valence-electron chi connectivity index (χ4n) is 1.15. The van der Waals surface area contributed by atoms with Gasteiger partial charge in [-0.25, -0.2) is 0 Å². The van der Waals surface area contributed by atoms with E-state index in [1.165, 1.54) is 19.3 Å². The van der Waals surface area contributed by atoms with Crippen LogP contribution in [0.25, 0.3) is 0 Å². The van der Waals surface area contributed by atoms with E-state index >= 15 is 0 Å². The minimum absolute atomic E-state index is 0.157. The molecule has 0 spiro atoms. The van der Waals surface area contributed by atoms with Gasteiger partial charge in [-0.15, -0.1) is 0 Å². The molecule has 0 amide bonds. The lowest BCUT2D eigenvalue weighted by atomic mass is 10.0. The topological polar surface area (TPSA) is 26.3 Å². The second-order valence-corrected chi connectivity index (χ2v) is 3.79. The van der Waals surface area contributed by atoms with Crippen molar-refractivity contribution >= 4 is 21.9 Å². The van der Waals surface area contributed by atoms with Crippen molar-refractivity contribution in [2.45, 2.75) is 39.5 Å². The van der Waals surface area contributed by atoms with Crippen molar-refractivity contribution < 1.29 is 9.53 Å². The van der Waals surface area contributed by atoms with Crippen molar-refractivity contribution in [2.24, 2.45) is 5.92 Å². The van der Waals surface area contributed by atoms with E-state index in [9.17, 15) is 4.79 Å². The van der Waals surface area contributed by atoms with Crippen LogP contribution in [0.5, 0.6) is 0 Å². The highest BCUT2D eigenvalue weighted by Gasteiger charge is 2.08. The van der Waals surface area contributed by atoms with Crippen LogP contribution in [0.1, 0.15) is 39.5 Å². The quantitative estimate of drug-likeness (QED) is 0.513. The summed E-state index contributed by atoms with van der Waals surface area (Å²) in [5.41, 5.74) is 0. The van der Waals surface area contributed by atoms with Gasteiger partial charge in [-0.1, -0.05) is 49.0 Å². The molecule has 0 heterocycles. The van der Waals surface area contributed by atoms with Crippen LogP contribution in [0.2, 0.25) is 0 Å². The number of hydrogen-bond donors (Lipinski definition) is 0. The Morgan fingerprint density at radius 3 is 2.62 bits per heavy atom. The second kappa shape index (κ2) is 8.54. The van der Waals surface area contributed by atoms with Crippen LogP contribution in [0.15, 0.2) is 0 Å². The molecule has 0 aliphatic carbocycles. The Morgan fingerprint density at radius 2 is 2.15 bits per heavy atom. The molecule has 0 aliphatic rings. The van der Waals surface area contributed by atoms with Gasteiger partial charge in [0.05, 0.1) is 6.61 Å². The highest BCUT2D eigenvalue weighted by atomic mass is 79.9. The average Bonchev–Trinajstić information content (AvgIpc) is 2.17. The third kappa shape index (κ3) is 7.05. The van der Waals surface area contributed by atoms with E-state index in [0.29, 0.717) is 17.9 Å². The summed E-state index contributed by atoms with van der Waals surface area (Å²) < 4.78 is 5.06. The van der Waals surface area contributed by atoms with E-state index < -0.39 is 0 Å². The summed E-state index contributed by atoms with van der Waals surface area (Å²) in [5.74, 6) is 0.387. The van der Waals surface area contributed by atoms with Gasteiger partial charge in [-0.2, -0.15) is 0 Å². The molecule has 0 aromatic heterocycles. The molecule has 0 N–H and O–H groups in total. The molecule has 3 heteroatoms. The number of halogens is 1. The fourth-order valence-corrected chi connectivity index (χ4v) is 1.31. The van der Waals surface area contributed by atoms with Crippen molar-refractivity contribution in [2.75, 3.05) is 11.9 Å². The van der Waals surface area contributed by atoms with Gasteiger partial charge < -0.3 is 4.74 Å². The third-order valence-electron chi connectivity index (χ3n) is 2.13. The van der Waals surface area contributed by atoms with Gasteiger partial charge in [-0.05, 0) is 12.3 Å². The van der Waals surface area contributed by atoms with Crippen molar-refractivity contribution in [3.63, 3.8) is 0 Å². The third-order valence-corrected chi connectivity index (χ3v) is 2.59. The Bertz CT molecular complexity index is 137. The smallest absolute Gasteiger partial charge is 0.316 e. The lowest BCUT2D eigenvalue weighted by Gasteiger charge is -2.13. The van der Waals surface area contributed by atoms with Gasteiger partial charge in [0, 0.05) is 0 Å². The van der Waals surface area contributed by atoms with Crippen molar-refractivity contribution in [3.8, 4) is 0 Å². The number of rotatable bonds is 7. The van der Waals surface area contributed by atoms with E-state index in [-0.39, 0.29) is 5.97 Å². The van der Waals surface area contributed by atoms with Crippen molar-refractivity contribution in [1.82, 2.24) is 0 Å². The minimum Gasteiger partial charge on any atom is -0.465 e. The van der Waals surface area contributed by atoms with Gasteiger partial charge in [-0.3, -0.25) is 4.79 Å². The summed E-state index contributed by atoms with van der Waals surface area (Å²) in [6.45, 7) is 4.90. The maximum atomic E-state index is 10.8. The molecule has 0 aliphatic heterocycles. The SMILES string of the molecule is CCCC[C@@H](CC)COC(=O)CBr. The van der Waals surface area contributed by atoms with Crippen LogP contribution >= 0.6 is 15.9 Å². The summed E-state index contributed by atoms with van der Waals surface area (Å²) in [6, 6.07) is 0. The Kier molecular flexibility index (Phi) is 8.51. The summed E-state index contributed by atoms with van der Waals surface area (Å²) in [6.07, 6.45) is 4.70. The number of carbonyl (C=O) groups excluding carboxylic acids is 1. The minimum atomic E-state index is -0.157. The Labute approximate surface area is 89.2 Å². The van der Waals surface area contributed by atoms with Crippen LogP contribution in [0, 0.1) is 5.92 Å². The maximum absolute atomic E-state index is 10.8. The van der Waals surface area contributed by atoms with E-state index in [2.05, 4.69) is 29.8 Å². The summed E-state index contributed by atoms with van der Waals surface area (Å²) >= 11 is 3.06. The molecule has 13 heavy (non-hydrogen) atoms. The van der Waals surface area contributed by atoms with Gasteiger partial charge >= 0.3 is 5.97 Å². The number of hydrogen-bond acceptors (Lipinski definition) is 2. The Hall–Kier alpha value is -0.0500. The van der Waals surface area contributed by atoms with Gasteiger partial charge in [0.25, 0.3) is 0 Å². The number of carbonyl (C=O) groups is 1. The molecule has 0 aromatic rings. The molecule has 0 saturated carbocycles. The molecule has 0 rings (SSSR count). The van der Waals surface area contributed by atoms with E-state index in [1.807, 2.05) is 0 Å². The van der Waals surface area contributed by atoms with E-state index in [0.717, 1.165) is 6.42 Å². The average molecular weight is 251 g/mol. The Balaban J connectivity index is 3.52. The molecule has 0 radical (unpaired) electrons. The van der Waals surface area contributed by atoms with Crippen molar-refractivity contribution in [3.05, 3.63) is 0 Å². The molecule has 0 bridgehead atoms. The Morgan fingerprint density at radius 1 is 1.46 bits per heavy atom. The highest BCUT2D eigenvalue weighted by molar-refractivity contribution is 9.09. The normalized spacial score (nSPS) is 12.5. The zero-order valence-corrected chi connectivity index (χ0v) is 10.1. The van der Waals surface area contributed by atoms with Crippen LogP contribution in [0.4, 0.5) is 0 Å². The maximum Gasteiger partial charge on any atom is 0.316 e. The summed E-state index contributed by atoms with van der Waals surface area (Å²) in [7, 11) is 0. The second-order valence-electron chi connectivity index (χ2n) is 3.23.